The van der Waals surface area contributed by atoms with Crippen LogP contribution in [0.5, 0.6) is 0 Å². The molecule has 108 valence electrons. The minimum absolute atomic E-state index is 0.288. The van der Waals surface area contributed by atoms with Gasteiger partial charge in [-0.15, -0.1) is 5.11 Å². The highest BCUT2D eigenvalue weighted by atomic mass is 15.3. The van der Waals surface area contributed by atoms with Crippen LogP contribution in [0.15, 0.2) is 74.9 Å². The fourth-order valence-electron chi connectivity index (χ4n) is 2.79. The van der Waals surface area contributed by atoms with Gasteiger partial charge in [-0.05, 0) is 11.1 Å². The van der Waals surface area contributed by atoms with Gasteiger partial charge in [-0.3, -0.25) is 0 Å². The third-order valence-corrected chi connectivity index (χ3v) is 3.91. The fraction of sp³-hybridized carbons (Fsp3) is 0.176. The van der Waals surface area contributed by atoms with Crippen LogP contribution in [0.25, 0.3) is 0 Å². The minimum atomic E-state index is 0.288. The number of nitrogens with one attached hydrogen (secondary N) is 1. The largest absolute Gasteiger partial charge is 0.309 e. The topological polar surface area (TPSA) is 61.5 Å². The smallest absolute Gasteiger partial charge is 0.178 e. The van der Waals surface area contributed by atoms with Crippen molar-refractivity contribution in [1.82, 2.24) is 5.43 Å². The average Bonchev–Trinajstić information content (AvgIpc) is 3.28. The Bertz CT molecular complexity index is 759. The maximum Gasteiger partial charge on any atom is 0.178 e. The number of hydrogen-bond donors (Lipinski definition) is 1. The lowest BCUT2D eigenvalue weighted by Crippen LogP contribution is -2.14. The number of azo groups is 1. The quantitative estimate of drug-likeness (QED) is 0.927. The molecule has 0 amide bonds. The van der Waals surface area contributed by atoms with E-state index >= 15 is 0 Å². The molecule has 0 aliphatic carbocycles. The Hall–Kier alpha value is -2.82. The van der Waals surface area contributed by atoms with Gasteiger partial charge in [0.05, 0.1) is 5.71 Å². The van der Waals surface area contributed by atoms with Gasteiger partial charge in [0.25, 0.3) is 0 Å². The lowest BCUT2D eigenvalue weighted by Gasteiger charge is -2.12. The Labute approximate surface area is 128 Å². The Morgan fingerprint density at radius 1 is 0.909 bits per heavy atom. The van der Waals surface area contributed by atoms with E-state index in [1.54, 1.807) is 0 Å². The zero-order chi connectivity index (χ0) is 14.8. The van der Waals surface area contributed by atoms with E-state index in [9.17, 15) is 0 Å². The van der Waals surface area contributed by atoms with Crippen LogP contribution in [-0.4, -0.2) is 24.8 Å². The van der Waals surface area contributed by atoms with E-state index in [1.807, 2.05) is 18.2 Å². The minimum Gasteiger partial charge on any atom is -0.309 e. The maximum atomic E-state index is 4.49. The van der Waals surface area contributed by atoms with Gasteiger partial charge in [-0.1, -0.05) is 54.6 Å². The standard InChI is InChI=1S/C17H15N5/c1-2-4-12(5-3-1)15-10-19-21-16(15)13-6-8-14(9-7-13)17-18-11-20-22-17/h1-9,15,19H,10-11H2. The van der Waals surface area contributed by atoms with Crippen LogP contribution >= 0.6 is 0 Å². The number of hydrazone groups is 1. The van der Waals surface area contributed by atoms with Gasteiger partial charge in [-0.25, -0.2) is 4.99 Å². The lowest BCUT2D eigenvalue weighted by atomic mass is 9.90. The highest BCUT2D eigenvalue weighted by molar-refractivity contribution is 6.07. The van der Waals surface area contributed by atoms with Gasteiger partial charge in [-0.2, -0.15) is 10.2 Å². The first-order valence-electron chi connectivity index (χ1n) is 7.30. The Morgan fingerprint density at radius 3 is 2.41 bits per heavy atom. The second kappa shape index (κ2) is 5.52. The van der Waals surface area contributed by atoms with Crippen molar-refractivity contribution in [2.24, 2.45) is 20.3 Å². The number of hydrogen-bond acceptors (Lipinski definition) is 5. The third kappa shape index (κ3) is 2.30. The Balaban J connectivity index is 1.62. The highest BCUT2D eigenvalue weighted by Crippen LogP contribution is 2.24. The summed E-state index contributed by atoms with van der Waals surface area (Å²) in [5.74, 6) is 0.994. The van der Waals surface area contributed by atoms with E-state index in [-0.39, 0.29) is 5.92 Å². The molecule has 0 radical (unpaired) electrons. The van der Waals surface area contributed by atoms with Crippen LogP contribution < -0.4 is 5.43 Å². The van der Waals surface area contributed by atoms with Crippen LogP contribution in [0.4, 0.5) is 0 Å². The summed E-state index contributed by atoms with van der Waals surface area (Å²) in [6.45, 7) is 1.27. The number of benzene rings is 2. The van der Waals surface area contributed by atoms with Crippen molar-refractivity contribution in [2.45, 2.75) is 5.92 Å². The van der Waals surface area contributed by atoms with Gasteiger partial charge in [0.15, 0.2) is 12.5 Å². The number of amidine groups is 1. The summed E-state index contributed by atoms with van der Waals surface area (Å²) in [5, 5.41) is 12.4. The summed E-state index contributed by atoms with van der Waals surface area (Å²) >= 11 is 0. The molecule has 2 aliphatic heterocycles. The molecule has 0 bridgehead atoms. The summed E-state index contributed by atoms with van der Waals surface area (Å²) in [7, 11) is 0. The molecule has 2 aliphatic rings. The summed E-state index contributed by atoms with van der Waals surface area (Å²) in [6, 6.07) is 18.7. The fourth-order valence-corrected chi connectivity index (χ4v) is 2.79. The first kappa shape index (κ1) is 12.9. The molecule has 5 heteroatoms. The number of nitrogens with zero attached hydrogens (tertiary/aromatic N) is 4. The monoisotopic (exact) mass is 289 g/mol. The van der Waals surface area contributed by atoms with Crippen molar-refractivity contribution >= 4 is 11.5 Å². The molecule has 0 fully saturated rings. The second-order valence-electron chi connectivity index (χ2n) is 5.26. The van der Waals surface area contributed by atoms with Gasteiger partial charge in [0, 0.05) is 18.0 Å². The zero-order valence-electron chi connectivity index (χ0n) is 12.0. The van der Waals surface area contributed by atoms with E-state index in [0.717, 1.165) is 23.4 Å². The van der Waals surface area contributed by atoms with E-state index in [0.29, 0.717) is 12.5 Å². The molecule has 1 unspecified atom stereocenters. The molecule has 2 heterocycles. The van der Waals surface area contributed by atoms with Crippen LogP contribution in [0.2, 0.25) is 0 Å². The molecule has 1 N–H and O–H groups in total. The van der Waals surface area contributed by atoms with E-state index < -0.39 is 0 Å². The van der Waals surface area contributed by atoms with Crippen molar-refractivity contribution < 1.29 is 0 Å². The van der Waals surface area contributed by atoms with Crippen molar-refractivity contribution in [3.8, 4) is 0 Å². The van der Waals surface area contributed by atoms with Gasteiger partial charge in [0.2, 0.25) is 0 Å². The van der Waals surface area contributed by atoms with Crippen LogP contribution in [0.3, 0.4) is 0 Å². The molecule has 2 aromatic rings. The van der Waals surface area contributed by atoms with Crippen molar-refractivity contribution in [3.63, 3.8) is 0 Å². The molecule has 0 saturated heterocycles. The Kier molecular flexibility index (Phi) is 3.23. The molecule has 4 rings (SSSR count). The summed E-state index contributed by atoms with van der Waals surface area (Å²) in [5.41, 5.74) is 7.59. The lowest BCUT2D eigenvalue weighted by molar-refractivity contribution is 0.763. The highest BCUT2D eigenvalue weighted by Gasteiger charge is 2.24. The molecule has 22 heavy (non-hydrogen) atoms. The van der Waals surface area contributed by atoms with Gasteiger partial charge < -0.3 is 5.43 Å². The van der Waals surface area contributed by atoms with Crippen molar-refractivity contribution in [1.29, 1.82) is 0 Å². The molecular weight excluding hydrogens is 274 g/mol. The average molecular weight is 289 g/mol. The molecule has 5 nitrogen and oxygen atoms in total. The third-order valence-electron chi connectivity index (χ3n) is 3.91. The summed E-state index contributed by atoms with van der Waals surface area (Å²) in [4.78, 5) is 4.24. The number of aliphatic imine (C=N–C) groups is 1. The molecule has 2 aromatic carbocycles. The van der Waals surface area contributed by atoms with E-state index in [2.05, 4.69) is 62.1 Å². The summed E-state index contributed by atoms with van der Waals surface area (Å²) in [6.07, 6.45) is 0. The van der Waals surface area contributed by atoms with Crippen LogP contribution in [-0.2, 0) is 0 Å². The zero-order valence-corrected chi connectivity index (χ0v) is 12.0. The molecule has 0 aromatic heterocycles. The predicted molar refractivity (Wildman–Crippen MR) is 86.4 cm³/mol. The molecule has 0 spiro atoms. The van der Waals surface area contributed by atoms with Crippen molar-refractivity contribution in [2.75, 3.05) is 13.2 Å². The van der Waals surface area contributed by atoms with Crippen LogP contribution in [0, 0.1) is 0 Å². The normalized spacial score (nSPS) is 19.7. The number of rotatable bonds is 3. The molecule has 0 saturated carbocycles. The first-order chi connectivity index (χ1) is 10.9. The molecule has 1 atom stereocenters. The van der Waals surface area contributed by atoms with E-state index in [4.69, 9.17) is 0 Å². The first-order valence-corrected chi connectivity index (χ1v) is 7.30. The second-order valence-corrected chi connectivity index (χ2v) is 5.26. The van der Waals surface area contributed by atoms with E-state index in [1.165, 1.54) is 5.56 Å². The summed E-state index contributed by atoms with van der Waals surface area (Å²) < 4.78 is 0. The Morgan fingerprint density at radius 2 is 1.68 bits per heavy atom. The SMILES string of the molecule is c1ccc(C2CNN=C2c2ccc(C3=NCN=N3)cc2)cc1. The van der Waals surface area contributed by atoms with Gasteiger partial charge >= 0.3 is 0 Å². The van der Waals surface area contributed by atoms with Crippen molar-refractivity contribution in [3.05, 3.63) is 71.3 Å². The maximum absolute atomic E-state index is 4.49. The molecular formula is C17H15N5. The van der Waals surface area contributed by atoms with Crippen LogP contribution in [0.1, 0.15) is 22.6 Å². The van der Waals surface area contributed by atoms with Gasteiger partial charge in [0.1, 0.15) is 0 Å². The predicted octanol–water partition coefficient (Wildman–Crippen LogP) is 2.95.